The van der Waals surface area contributed by atoms with Gasteiger partial charge < -0.3 is 10.2 Å². The van der Waals surface area contributed by atoms with Gasteiger partial charge in [0, 0.05) is 17.1 Å². The van der Waals surface area contributed by atoms with Gasteiger partial charge in [0.05, 0.1) is 10.6 Å². The molecule has 0 aliphatic heterocycles. The van der Waals surface area contributed by atoms with Crippen LogP contribution in [0.3, 0.4) is 0 Å². The second-order valence-corrected chi connectivity index (χ2v) is 13.2. The fourth-order valence-electron chi connectivity index (χ4n) is 4.43. The molecule has 0 fully saturated rings. The van der Waals surface area contributed by atoms with Crippen LogP contribution in [0.2, 0.25) is 5.02 Å². The standard InChI is InChI=1S/C31H38ClN3O4S/c1-7-27(30(37)33-31(4,5)6)34(20-24-14-10-8-12-22(24)2)29(36)21-35(28-15-11-9-13-23(28)3)40(38,39)26-18-16-25(32)17-19-26/h8-19,27H,7,20-21H2,1-6H3,(H,33,37). The number of rotatable bonds is 10. The molecule has 0 aliphatic rings. The third kappa shape index (κ3) is 7.64. The largest absolute Gasteiger partial charge is 0.350 e. The molecule has 214 valence electrons. The Kier molecular flexibility index (Phi) is 10.0. The number of amides is 2. The number of anilines is 1. The molecule has 1 atom stereocenters. The molecule has 1 unspecified atom stereocenters. The first kappa shape index (κ1) is 31.2. The predicted molar refractivity (Wildman–Crippen MR) is 161 cm³/mol. The first-order valence-corrected chi connectivity index (χ1v) is 15.1. The van der Waals surface area contributed by atoms with Crippen LogP contribution >= 0.6 is 11.6 Å². The Morgan fingerprint density at radius 2 is 1.48 bits per heavy atom. The fourth-order valence-corrected chi connectivity index (χ4v) is 6.04. The number of hydrogen-bond acceptors (Lipinski definition) is 4. The van der Waals surface area contributed by atoms with E-state index < -0.39 is 34.1 Å². The van der Waals surface area contributed by atoms with Gasteiger partial charge in [-0.25, -0.2) is 8.42 Å². The number of hydrogen-bond donors (Lipinski definition) is 1. The summed E-state index contributed by atoms with van der Waals surface area (Å²) in [6.45, 7) is 10.9. The van der Waals surface area contributed by atoms with Gasteiger partial charge in [0.2, 0.25) is 11.8 Å². The highest BCUT2D eigenvalue weighted by atomic mass is 35.5. The topological polar surface area (TPSA) is 86.8 Å². The van der Waals surface area contributed by atoms with E-state index in [1.54, 1.807) is 25.1 Å². The minimum absolute atomic E-state index is 0.0101. The Hall–Kier alpha value is -3.36. The number of sulfonamides is 1. The van der Waals surface area contributed by atoms with E-state index in [1.807, 2.05) is 65.0 Å². The monoisotopic (exact) mass is 583 g/mol. The zero-order valence-electron chi connectivity index (χ0n) is 23.9. The Balaban J connectivity index is 2.10. The molecule has 0 spiro atoms. The zero-order chi connectivity index (χ0) is 29.7. The van der Waals surface area contributed by atoms with E-state index in [4.69, 9.17) is 11.6 Å². The molecule has 3 aromatic rings. The fraction of sp³-hybridized carbons (Fsp3) is 0.355. The number of aryl methyl sites for hydroxylation is 2. The Labute approximate surface area is 243 Å². The summed E-state index contributed by atoms with van der Waals surface area (Å²) in [6.07, 6.45) is 0.355. The average molecular weight is 584 g/mol. The highest BCUT2D eigenvalue weighted by Crippen LogP contribution is 2.28. The number of para-hydroxylation sites is 1. The summed E-state index contributed by atoms with van der Waals surface area (Å²) in [5.41, 5.74) is 2.41. The van der Waals surface area contributed by atoms with Crippen LogP contribution in [0.15, 0.2) is 77.7 Å². The molecule has 0 aromatic heterocycles. The summed E-state index contributed by atoms with van der Waals surface area (Å²) in [4.78, 5) is 29.1. The second-order valence-electron chi connectivity index (χ2n) is 10.9. The van der Waals surface area contributed by atoms with E-state index in [0.29, 0.717) is 22.7 Å². The van der Waals surface area contributed by atoms with Crippen molar-refractivity contribution in [3.05, 3.63) is 94.5 Å². The van der Waals surface area contributed by atoms with Gasteiger partial charge in [0.1, 0.15) is 12.6 Å². The summed E-state index contributed by atoms with van der Waals surface area (Å²) in [5.74, 6) is -0.778. The maximum Gasteiger partial charge on any atom is 0.264 e. The maximum absolute atomic E-state index is 14.2. The van der Waals surface area contributed by atoms with Crippen molar-refractivity contribution in [1.29, 1.82) is 0 Å². The van der Waals surface area contributed by atoms with Gasteiger partial charge in [-0.3, -0.25) is 13.9 Å². The Morgan fingerprint density at radius 1 is 0.900 bits per heavy atom. The summed E-state index contributed by atoms with van der Waals surface area (Å²) in [6, 6.07) is 19.7. The third-order valence-electron chi connectivity index (χ3n) is 6.55. The Morgan fingerprint density at radius 3 is 2.02 bits per heavy atom. The van der Waals surface area contributed by atoms with Gasteiger partial charge in [-0.05, 0) is 88.1 Å². The molecule has 1 N–H and O–H groups in total. The summed E-state index contributed by atoms with van der Waals surface area (Å²) >= 11 is 6.02. The van der Waals surface area contributed by atoms with Crippen molar-refractivity contribution in [3.8, 4) is 0 Å². The van der Waals surface area contributed by atoms with E-state index in [2.05, 4.69) is 5.32 Å². The number of nitrogens with one attached hydrogen (secondary N) is 1. The van der Waals surface area contributed by atoms with Crippen molar-refractivity contribution in [2.24, 2.45) is 0 Å². The van der Waals surface area contributed by atoms with Gasteiger partial charge >= 0.3 is 0 Å². The molecular formula is C31H38ClN3O4S. The third-order valence-corrected chi connectivity index (χ3v) is 8.58. The molecule has 0 aliphatic carbocycles. The molecule has 0 saturated heterocycles. The van der Waals surface area contributed by atoms with E-state index in [0.717, 1.165) is 15.4 Å². The lowest BCUT2D eigenvalue weighted by Crippen LogP contribution is -2.55. The Bertz CT molecular complexity index is 1450. The van der Waals surface area contributed by atoms with Crippen molar-refractivity contribution in [2.75, 3.05) is 10.8 Å². The summed E-state index contributed by atoms with van der Waals surface area (Å²) in [5, 5.41) is 3.38. The van der Waals surface area contributed by atoms with Crippen LogP contribution in [0.4, 0.5) is 5.69 Å². The molecule has 9 heteroatoms. The minimum atomic E-state index is -4.16. The highest BCUT2D eigenvalue weighted by Gasteiger charge is 2.35. The van der Waals surface area contributed by atoms with E-state index in [1.165, 1.54) is 29.2 Å². The van der Waals surface area contributed by atoms with Gasteiger partial charge in [-0.1, -0.05) is 61.0 Å². The lowest BCUT2D eigenvalue weighted by atomic mass is 10.0. The van der Waals surface area contributed by atoms with Crippen LogP contribution in [0.5, 0.6) is 0 Å². The number of benzene rings is 3. The molecule has 0 heterocycles. The summed E-state index contributed by atoms with van der Waals surface area (Å²) in [7, 11) is -4.16. The van der Waals surface area contributed by atoms with Crippen molar-refractivity contribution in [1.82, 2.24) is 10.2 Å². The van der Waals surface area contributed by atoms with Crippen molar-refractivity contribution in [2.45, 2.75) is 71.0 Å². The molecular weight excluding hydrogens is 546 g/mol. The average Bonchev–Trinajstić information content (AvgIpc) is 2.88. The highest BCUT2D eigenvalue weighted by molar-refractivity contribution is 7.92. The number of nitrogens with zero attached hydrogens (tertiary/aromatic N) is 2. The molecule has 7 nitrogen and oxygen atoms in total. The lowest BCUT2D eigenvalue weighted by molar-refractivity contribution is -0.141. The molecule has 0 radical (unpaired) electrons. The normalized spacial score (nSPS) is 12.5. The SMILES string of the molecule is CCC(C(=O)NC(C)(C)C)N(Cc1ccccc1C)C(=O)CN(c1ccccc1C)S(=O)(=O)c1ccc(Cl)cc1. The van der Waals surface area contributed by atoms with Crippen molar-refractivity contribution < 1.29 is 18.0 Å². The zero-order valence-corrected chi connectivity index (χ0v) is 25.5. The molecule has 2 amide bonds. The van der Waals surface area contributed by atoms with Gasteiger partial charge in [0.15, 0.2) is 0 Å². The van der Waals surface area contributed by atoms with Gasteiger partial charge in [0.25, 0.3) is 10.0 Å². The smallest absolute Gasteiger partial charge is 0.264 e. The molecule has 40 heavy (non-hydrogen) atoms. The number of carbonyl (C=O) groups excluding carboxylic acids is 2. The quantitative estimate of drug-likeness (QED) is 0.323. The van der Waals surface area contributed by atoms with Gasteiger partial charge in [-0.15, -0.1) is 0 Å². The van der Waals surface area contributed by atoms with Crippen LogP contribution in [0.25, 0.3) is 0 Å². The van der Waals surface area contributed by atoms with Crippen LogP contribution in [0, 0.1) is 13.8 Å². The molecule has 3 rings (SSSR count). The maximum atomic E-state index is 14.2. The summed E-state index contributed by atoms with van der Waals surface area (Å²) < 4.78 is 29.0. The van der Waals surface area contributed by atoms with Crippen molar-refractivity contribution >= 4 is 39.1 Å². The van der Waals surface area contributed by atoms with E-state index >= 15 is 0 Å². The first-order valence-electron chi connectivity index (χ1n) is 13.2. The van der Waals surface area contributed by atoms with E-state index in [9.17, 15) is 18.0 Å². The van der Waals surface area contributed by atoms with E-state index in [-0.39, 0.29) is 17.3 Å². The first-order chi connectivity index (χ1) is 18.7. The van der Waals surface area contributed by atoms with Crippen LogP contribution in [-0.4, -0.2) is 43.3 Å². The number of halogens is 1. The lowest BCUT2D eigenvalue weighted by Gasteiger charge is -2.35. The van der Waals surface area contributed by atoms with Crippen molar-refractivity contribution in [3.63, 3.8) is 0 Å². The number of carbonyl (C=O) groups is 2. The van der Waals surface area contributed by atoms with Crippen LogP contribution in [0.1, 0.15) is 50.8 Å². The molecule has 0 bridgehead atoms. The van der Waals surface area contributed by atoms with Crippen LogP contribution < -0.4 is 9.62 Å². The minimum Gasteiger partial charge on any atom is -0.350 e. The second kappa shape index (κ2) is 12.9. The van der Waals surface area contributed by atoms with Gasteiger partial charge in [-0.2, -0.15) is 0 Å². The molecule has 3 aromatic carbocycles. The molecule has 0 saturated carbocycles. The van der Waals surface area contributed by atoms with Crippen LogP contribution in [-0.2, 0) is 26.2 Å². The predicted octanol–water partition coefficient (Wildman–Crippen LogP) is 5.87.